The van der Waals surface area contributed by atoms with Crippen LogP contribution in [0.4, 0.5) is 0 Å². The molecule has 3 N–H and O–H groups in total. The highest BCUT2D eigenvalue weighted by Gasteiger charge is 2.42. The van der Waals surface area contributed by atoms with Gasteiger partial charge in [-0.05, 0) is 49.9 Å². The SMILES string of the molecule is CCCCCC(O)(COc1ccc(Cl)cc1)CS[C@H]1C(O)CC(=O)[C@@H]1CC=CCCCC(=O)O. The molecule has 0 spiro atoms. The monoisotopic (exact) mass is 512 g/mol. The highest BCUT2D eigenvalue weighted by atomic mass is 35.5. The summed E-state index contributed by atoms with van der Waals surface area (Å²) in [5, 5.41) is 30.9. The van der Waals surface area contributed by atoms with E-state index < -0.39 is 17.7 Å². The number of carbonyl (C=O) groups is 2. The number of rotatable bonds is 16. The van der Waals surface area contributed by atoms with E-state index in [2.05, 4.69) is 6.92 Å². The van der Waals surface area contributed by atoms with E-state index in [1.54, 1.807) is 24.3 Å². The van der Waals surface area contributed by atoms with Gasteiger partial charge in [-0.2, -0.15) is 11.8 Å². The molecule has 0 aliphatic heterocycles. The predicted molar refractivity (Wildman–Crippen MR) is 137 cm³/mol. The van der Waals surface area contributed by atoms with Gasteiger partial charge in [-0.3, -0.25) is 9.59 Å². The molecule has 1 aromatic carbocycles. The van der Waals surface area contributed by atoms with Crippen LogP contribution < -0.4 is 4.74 Å². The number of benzene rings is 1. The van der Waals surface area contributed by atoms with Gasteiger partial charge >= 0.3 is 5.97 Å². The van der Waals surface area contributed by atoms with Crippen molar-refractivity contribution in [2.75, 3.05) is 12.4 Å². The van der Waals surface area contributed by atoms with Crippen LogP contribution in [0.3, 0.4) is 0 Å². The second kappa shape index (κ2) is 14.8. The summed E-state index contributed by atoms with van der Waals surface area (Å²) in [5.41, 5.74) is -1.08. The van der Waals surface area contributed by atoms with Gasteiger partial charge in [-0.15, -0.1) is 0 Å². The van der Waals surface area contributed by atoms with Gasteiger partial charge < -0.3 is 20.1 Å². The Morgan fingerprint density at radius 3 is 2.65 bits per heavy atom. The average molecular weight is 513 g/mol. The third-order valence-electron chi connectivity index (χ3n) is 6.03. The van der Waals surface area contributed by atoms with Crippen LogP contribution in [-0.4, -0.2) is 56.4 Å². The molecule has 34 heavy (non-hydrogen) atoms. The fourth-order valence-corrected chi connectivity index (χ4v) is 5.71. The number of aliphatic hydroxyl groups is 2. The molecule has 0 amide bonds. The van der Waals surface area contributed by atoms with Crippen LogP contribution in [0.1, 0.15) is 64.7 Å². The first-order valence-electron chi connectivity index (χ1n) is 12.0. The predicted octanol–water partition coefficient (Wildman–Crippen LogP) is 5.28. The summed E-state index contributed by atoms with van der Waals surface area (Å²) in [5.74, 6) is -0.103. The minimum atomic E-state index is -1.08. The molecule has 0 aromatic heterocycles. The first-order valence-corrected chi connectivity index (χ1v) is 13.5. The lowest BCUT2D eigenvalue weighted by molar-refractivity contribution is -0.137. The minimum absolute atomic E-state index is 0.0344. The lowest BCUT2D eigenvalue weighted by atomic mass is 9.99. The number of unbranched alkanes of at least 4 members (excludes halogenated alkanes) is 3. The number of carboxylic acid groups (broad SMARTS) is 1. The third-order valence-corrected chi connectivity index (χ3v) is 8.01. The van der Waals surface area contributed by atoms with Gasteiger partial charge in [0.25, 0.3) is 0 Å². The Kier molecular flexibility index (Phi) is 12.5. The van der Waals surface area contributed by atoms with E-state index in [1.165, 1.54) is 11.8 Å². The number of hydrogen-bond acceptors (Lipinski definition) is 6. The van der Waals surface area contributed by atoms with E-state index in [4.69, 9.17) is 21.4 Å². The standard InChI is InChI=1S/C26H37ClO6S/c1-2-3-8-15-26(32,17-33-20-13-11-19(27)12-14-20)18-34-25-21(22(28)16-23(25)29)9-6-4-5-7-10-24(30)31/h4,6,11-14,21,23,25,29,32H,2-3,5,7-10,15-18H2,1H3,(H,30,31)/t21-,23?,25+,26?/m0/s1. The summed E-state index contributed by atoms with van der Waals surface area (Å²) in [6, 6.07) is 7.00. The first kappa shape index (κ1) is 28.7. The average Bonchev–Trinajstić information content (AvgIpc) is 3.06. The second-order valence-corrected chi connectivity index (χ2v) is 10.6. The van der Waals surface area contributed by atoms with Crippen LogP contribution in [0.5, 0.6) is 5.75 Å². The minimum Gasteiger partial charge on any atom is -0.491 e. The molecule has 8 heteroatoms. The van der Waals surface area contributed by atoms with E-state index >= 15 is 0 Å². The van der Waals surface area contributed by atoms with Gasteiger partial charge in [0.1, 0.15) is 23.7 Å². The lowest BCUT2D eigenvalue weighted by Crippen LogP contribution is -2.40. The van der Waals surface area contributed by atoms with Gasteiger partial charge in [0.2, 0.25) is 0 Å². The number of hydrogen-bond donors (Lipinski definition) is 3. The summed E-state index contributed by atoms with van der Waals surface area (Å²) >= 11 is 7.38. The third kappa shape index (κ3) is 9.98. The maximum atomic E-state index is 12.5. The Morgan fingerprint density at radius 2 is 1.97 bits per heavy atom. The molecule has 2 rings (SSSR count). The van der Waals surface area contributed by atoms with Crippen LogP contribution in [0.15, 0.2) is 36.4 Å². The van der Waals surface area contributed by atoms with Crippen molar-refractivity contribution >= 4 is 35.1 Å². The summed E-state index contributed by atoms with van der Waals surface area (Å²) in [4.78, 5) is 23.1. The quantitative estimate of drug-likeness (QED) is 0.204. The van der Waals surface area contributed by atoms with Crippen molar-refractivity contribution in [2.45, 2.75) is 81.7 Å². The number of carboxylic acids is 1. The number of ketones is 1. The largest absolute Gasteiger partial charge is 0.491 e. The van der Waals surface area contributed by atoms with Crippen LogP contribution in [0.2, 0.25) is 5.02 Å². The van der Waals surface area contributed by atoms with Crippen molar-refractivity contribution in [1.29, 1.82) is 0 Å². The van der Waals surface area contributed by atoms with Gasteiger partial charge in [-0.1, -0.05) is 49.9 Å². The zero-order valence-corrected chi connectivity index (χ0v) is 21.4. The highest BCUT2D eigenvalue weighted by molar-refractivity contribution is 8.00. The molecule has 1 aliphatic rings. The summed E-state index contributed by atoms with van der Waals surface area (Å²) in [6.45, 7) is 2.23. The van der Waals surface area contributed by atoms with E-state index in [9.17, 15) is 19.8 Å². The molecule has 2 unspecified atom stereocenters. The summed E-state index contributed by atoms with van der Waals surface area (Å²) in [7, 11) is 0. The lowest BCUT2D eigenvalue weighted by Gasteiger charge is -2.30. The molecule has 1 saturated carbocycles. The Hall–Kier alpha value is -1.54. The van der Waals surface area contributed by atoms with Crippen LogP contribution in [0, 0.1) is 5.92 Å². The molecular formula is C26H37ClO6S. The Morgan fingerprint density at radius 1 is 1.24 bits per heavy atom. The van der Waals surface area contributed by atoms with Crippen molar-refractivity contribution in [3.8, 4) is 5.75 Å². The van der Waals surface area contributed by atoms with Crippen molar-refractivity contribution < 1.29 is 29.6 Å². The van der Waals surface area contributed by atoms with Gasteiger partial charge in [0, 0.05) is 34.8 Å². The molecule has 0 bridgehead atoms. The van der Waals surface area contributed by atoms with Crippen molar-refractivity contribution in [2.24, 2.45) is 5.92 Å². The fraction of sp³-hybridized carbons (Fsp3) is 0.615. The van der Waals surface area contributed by atoms with Crippen molar-refractivity contribution in [1.82, 2.24) is 0 Å². The zero-order chi connectivity index (χ0) is 25.0. The van der Waals surface area contributed by atoms with Crippen LogP contribution in [-0.2, 0) is 9.59 Å². The molecule has 0 heterocycles. The van der Waals surface area contributed by atoms with E-state index in [-0.39, 0.29) is 36.4 Å². The number of aliphatic hydroxyl groups excluding tert-OH is 1. The molecule has 0 radical (unpaired) electrons. The maximum absolute atomic E-state index is 12.5. The van der Waals surface area contributed by atoms with Crippen molar-refractivity contribution in [3.63, 3.8) is 0 Å². The van der Waals surface area contributed by atoms with Crippen LogP contribution in [0.25, 0.3) is 0 Å². The summed E-state index contributed by atoms with van der Waals surface area (Å²) < 4.78 is 5.86. The fourth-order valence-electron chi connectivity index (χ4n) is 4.04. The molecule has 0 saturated heterocycles. The molecule has 1 aromatic rings. The first-order chi connectivity index (χ1) is 16.2. The zero-order valence-electron chi connectivity index (χ0n) is 19.8. The molecule has 1 fully saturated rings. The summed E-state index contributed by atoms with van der Waals surface area (Å²) in [6.07, 6.45) is 8.54. The number of allylic oxidation sites excluding steroid dienone is 2. The topological polar surface area (TPSA) is 104 Å². The molecule has 1 aliphatic carbocycles. The Balaban J connectivity index is 1.96. The highest BCUT2D eigenvalue weighted by Crippen LogP contribution is 2.38. The van der Waals surface area contributed by atoms with Gasteiger partial charge in [0.15, 0.2) is 0 Å². The van der Waals surface area contributed by atoms with Gasteiger partial charge in [0.05, 0.1) is 6.10 Å². The number of aliphatic carboxylic acids is 1. The normalized spacial score (nSPS) is 22.2. The van der Waals surface area contributed by atoms with Crippen molar-refractivity contribution in [3.05, 3.63) is 41.4 Å². The van der Waals surface area contributed by atoms with Crippen LogP contribution >= 0.6 is 23.4 Å². The number of carbonyl (C=O) groups excluding carboxylic acids is 1. The Labute approximate surface area is 211 Å². The van der Waals surface area contributed by atoms with E-state index in [1.807, 2.05) is 12.2 Å². The van der Waals surface area contributed by atoms with E-state index in [0.717, 1.165) is 19.3 Å². The number of halogens is 1. The molecule has 4 atom stereocenters. The number of Topliss-reactive ketones (excluding diaryl/α,β-unsaturated/α-hetero) is 1. The molecular weight excluding hydrogens is 476 g/mol. The Bertz CT molecular complexity index is 799. The number of thioether (sulfide) groups is 1. The second-order valence-electron chi connectivity index (χ2n) is 9.04. The smallest absolute Gasteiger partial charge is 0.303 e. The molecule has 190 valence electrons. The molecule has 6 nitrogen and oxygen atoms in total. The van der Waals surface area contributed by atoms with E-state index in [0.29, 0.717) is 42.2 Å². The van der Waals surface area contributed by atoms with Gasteiger partial charge in [-0.25, -0.2) is 0 Å². The number of ether oxygens (including phenoxy) is 1. The maximum Gasteiger partial charge on any atom is 0.303 e.